The summed E-state index contributed by atoms with van der Waals surface area (Å²) in [5.41, 5.74) is 6.47. The van der Waals surface area contributed by atoms with Crippen molar-refractivity contribution in [3.8, 4) is 11.1 Å². The first-order chi connectivity index (χ1) is 14.6. The van der Waals surface area contributed by atoms with E-state index in [1.54, 1.807) is 0 Å². The van der Waals surface area contributed by atoms with Crippen LogP contribution in [0, 0.1) is 0 Å². The fourth-order valence-electron chi connectivity index (χ4n) is 5.41. The molecule has 3 aromatic rings. The molecule has 1 saturated heterocycles. The van der Waals surface area contributed by atoms with Crippen molar-refractivity contribution in [1.82, 2.24) is 4.90 Å². The lowest BCUT2D eigenvalue weighted by molar-refractivity contribution is 0.166. The van der Waals surface area contributed by atoms with Gasteiger partial charge in [0.05, 0.1) is 0 Å². The van der Waals surface area contributed by atoms with E-state index in [0.29, 0.717) is 5.92 Å². The van der Waals surface area contributed by atoms with Crippen LogP contribution in [0.2, 0.25) is 0 Å². The fraction of sp³-hybridized carbons (Fsp3) is 0.296. The van der Waals surface area contributed by atoms with E-state index in [-0.39, 0.29) is 11.4 Å². The van der Waals surface area contributed by atoms with Crippen molar-refractivity contribution in [2.75, 3.05) is 18.4 Å². The zero-order valence-corrected chi connectivity index (χ0v) is 17.5. The summed E-state index contributed by atoms with van der Waals surface area (Å²) >= 11 is 0. The molecule has 0 saturated carbocycles. The number of benzene rings is 3. The number of anilines is 1. The second-order valence-electron chi connectivity index (χ2n) is 8.83. The van der Waals surface area contributed by atoms with Crippen LogP contribution in [-0.4, -0.2) is 24.0 Å². The number of nitrogens with one attached hydrogen (secondary N) is 1. The molecule has 0 bridgehead atoms. The topological polar surface area (TPSA) is 32.3 Å². The van der Waals surface area contributed by atoms with Crippen molar-refractivity contribution in [2.24, 2.45) is 0 Å². The van der Waals surface area contributed by atoms with Crippen molar-refractivity contribution in [3.63, 3.8) is 0 Å². The Morgan fingerprint density at radius 2 is 1.50 bits per heavy atom. The average Bonchev–Trinajstić information content (AvgIpc) is 3.07. The van der Waals surface area contributed by atoms with Gasteiger partial charge in [-0.3, -0.25) is 0 Å². The molecular weight excluding hydrogens is 368 g/mol. The van der Waals surface area contributed by atoms with E-state index in [0.717, 1.165) is 37.2 Å². The highest BCUT2D eigenvalue weighted by atomic mass is 16.2. The van der Waals surface area contributed by atoms with Gasteiger partial charge in [0.25, 0.3) is 0 Å². The monoisotopic (exact) mass is 396 g/mol. The highest BCUT2D eigenvalue weighted by molar-refractivity contribution is 5.89. The molecule has 5 rings (SSSR count). The van der Waals surface area contributed by atoms with Crippen molar-refractivity contribution in [3.05, 3.63) is 90.0 Å². The summed E-state index contributed by atoms with van der Waals surface area (Å²) in [6.07, 6.45) is 3.31. The highest BCUT2D eigenvalue weighted by Gasteiger charge is 2.44. The molecule has 1 aliphatic heterocycles. The summed E-state index contributed by atoms with van der Waals surface area (Å²) in [5, 5.41) is 3.08. The van der Waals surface area contributed by atoms with Crippen molar-refractivity contribution >= 4 is 11.7 Å². The van der Waals surface area contributed by atoms with E-state index in [2.05, 4.69) is 60.8 Å². The van der Waals surface area contributed by atoms with Crippen LogP contribution in [0.15, 0.2) is 78.9 Å². The van der Waals surface area contributed by atoms with Gasteiger partial charge in [-0.25, -0.2) is 4.79 Å². The largest absolute Gasteiger partial charge is 0.324 e. The number of carbonyl (C=O) groups excluding carboxylic acids is 1. The van der Waals surface area contributed by atoms with Crippen LogP contribution in [-0.2, 0) is 5.41 Å². The number of urea groups is 1. The fourth-order valence-corrected chi connectivity index (χ4v) is 5.41. The molecule has 1 unspecified atom stereocenters. The number of fused-ring (bicyclic) bond motifs is 2. The Kier molecular flexibility index (Phi) is 4.82. The highest BCUT2D eigenvalue weighted by Crippen LogP contribution is 2.51. The summed E-state index contributed by atoms with van der Waals surface area (Å²) in [7, 11) is 0. The van der Waals surface area contributed by atoms with Crippen LogP contribution in [0.1, 0.15) is 43.2 Å². The third-order valence-electron chi connectivity index (χ3n) is 7.01. The third kappa shape index (κ3) is 3.39. The number of amides is 2. The minimum atomic E-state index is 0.0108. The maximum Gasteiger partial charge on any atom is 0.321 e. The minimum Gasteiger partial charge on any atom is -0.324 e. The molecule has 0 aromatic heterocycles. The molecule has 1 N–H and O–H groups in total. The van der Waals surface area contributed by atoms with Gasteiger partial charge in [0.15, 0.2) is 0 Å². The Morgan fingerprint density at radius 3 is 2.23 bits per heavy atom. The van der Waals surface area contributed by atoms with Crippen molar-refractivity contribution in [2.45, 2.75) is 37.5 Å². The van der Waals surface area contributed by atoms with E-state index in [4.69, 9.17) is 0 Å². The lowest BCUT2D eigenvalue weighted by atomic mass is 9.73. The van der Waals surface area contributed by atoms with Crippen LogP contribution < -0.4 is 5.32 Å². The number of nitrogens with zero attached hydrogens (tertiary/aromatic N) is 1. The molecule has 1 heterocycles. The first-order valence-electron chi connectivity index (χ1n) is 11.0. The molecule has 152 valence electrons. The predicted octanol–water partition coefficient (Wildman–Crippen LogP) is 6.43. The molecule has 2 aliphatic rings. The van der Waals surface area contributed by atoms with Crippen molar-refractivity contribution in [1.29, 1.82) is 0 Å². The quantitative estimate of drug-likeness (QED) is 0.532. The summed E-state index contributed by atoms with van der Waals surface area (Å²) in [4.78, 5) is 14.8. The normalized spacial score (nSPS) is 19.5. The number of rotatable bonds is 2. The second-order valence-corrected chi connectivity index (χ2v) is 8.83. The summed E-state index contributed by atoms with van der Waals surface area (Å²) < 4.78 is 0. The van der Waals surface area contributed by atoms with Gasteiger partial charge in [-0.1, -0.05) is 73.7 Å². The number of piperidine rings is 1. The Morgan fingerprint density at radius 1 is 0.867 bits per heavy atom. The zero-order chi connectivity index (χ0) is 20.6. The molecule has 1 aliphatic carbocycles. The van der Waals surface area contributed by atoms with Crippen LogP contribution in [0.25, 0.3) is 11.1 Å². The standard InChI is InChI=1S/C27H28N2O/c1-20-19-27(25-10-6-5-9-24(20)25)15-17-29(18-16-27)26(30)28-23-13-11-22(12-14-23)21-7-3-2-4-8-21/h2-14,20H,15-19H2,1H3,(H,28,30). The molecule has 1 fully saturated rings. The first-order valence-corrected chi connectivity index (χ1v) is 11.0. The van der Waals surface area contributed by atoms with E-state index in [9.17, 15) is 4.79 Å². The van der Waals surface area contributed by atoms with Gasteiger partial charge in [-0.05, 0) is 65.0 Å². The number of hydrogen-bond donors (Lipinski definition) is 1. The molecule has 0 radical (unpaired) electrons. The molecule has 3 aromatic carbocycles. The number of hydrogen-bond acceptors (Lipinski definition) is 1. The Labute approximate surface area is 178 Å². The van der Waals surface area contributed by atoms with Crippen LogP contribution in [0.3, 0.4) is 0 Å². The van der Waals surface area contributed by atoms with Gasteiger partial charge in [0.1, 0.15) is 0 Å². The van der Waals surface area contributed by atoms with Gasteiger partial charge < -0.3 is 10.2 Å². The summed E-state index contributed by atoms with van der Waals surface area (Å²) in [5.74, 6) is 0.615. The number of carbonyl (C=O) groups is 1. The van der Waals surface area contributed by atoms with Gasteiger partial charge >= 0.3 is 6.03 Å². The molecule has 3 nitrogen and oxygen atoms in total. The van der Waals surface area contributed by atoms with Gasteiger partial charge in [-0.15, -0.1) is 0 Å². The molecule has 30 heavy (non-hydrogen) atoms. The molecular formula is C27H28N2O. The molecule has 3 heteroatoms. The van der Waals surface area contributed by atoms with E-state index >= 15 is 0 Å². The summed E-state index contributed by atoms with van der Waals surface area (Å²) in [6.45, 7) is 3.97. The average molecular weight is 397 g/mol. The smallest absolute Gasteiger partial charge is 0.321 e. The predicted molar refractivity (Wildman–Crippen MR) is 123 cm³/mol. The van der Waals surface area contributed by atoms with Gasteiger partial charge in [0.2, 0.25) is 0 Å². The van der Waals surface area contributed by atoms with E-state index in [1.165, 1.54) is 23.1 Å². The van der Waals surface area contributed by atoms with Crippen LogP contribution >= 0.6 is 0 Å². The SMILES string of the molecule is CC1CC2(CCN(C(=O)Nc3ccc(-c4ccccc4)cc3)CC2)c2ccccc21. The first kappa shape index (κ1) is 18.9. The Hall–Kier alpha value is -3.07. The molecule has 1 atom stereocenters. The summed E-state index contributed by atoms with van der Waals surface area (Å²) in [6, 6.07) is 27.3. The van der Waals surface area contributed by atoms with E-state index < -0.39 is 0 Å². The Bertz CT molecular complexity index is 1030. The minimum absolute atomic E-state index is 0.0108. The van der Waals surface area contributed by atoms with Crippen molar-refractivity contribution < 1.29 is 4.79 Å². The second kappa shape index (κ2) is 7.64. The molecule has 2 amide bonds. The maximum absolute atomic E-state index is 12.9. The lowest BCUT2D eigenvalue weighted by Gasteiger charge is -2.40. The lowest BCUT2D eigenvalue weighted by Crippen LogP contribution is -2.46. The van der Waals surface area contributed by atoms with Gasteiger partial charge in [0, 0.05) is 18.8 Å². The van der Waals surface area contributed by atoms with Gasteiger partial charge in [-0.2, -0.15) is 0 Å². The Balaban J connectivity index is 1.23. The third-order valence-corrected chi connectivity index (χ3v) is 7.01. The maximum atomic E-state index is 12.9. The van der Waals surface area contributed by atoms with Crippen LogP contribution in [0.4, 0.5) is 10.5 Å². The van der Waals surface area contributed by atoms with Crippen LogP contribution in [0.5, 0.6) is 0 Å². The van der Waals surface area contributed by atoms with E-state index in [1.807, 2.05) is 35.2 Å². The zero-order valence-electron chi connectivity index (χ0n) is 17.5. The molecule has 1 spiro atoms. The number of likely N-dealkylation sites (tertiary alicyclic amines) is 1.